The van der Waals surface area contributed by atoms with Crippen molar-refractivity contribution in [2.75, 3.05) is 18.4 Å². The Morgan fingerprint density at radius 3 is 2.77 bits per heavy atom. The number of aromatic nitrogens is 2. The lowest BCUT2D eigenvalue weighted by Gasteiger charge is -2.22. The van der Waals surface area contributed by atoms with Gasteiger partial charge in [0.05, 0.1) is 5.69 Å². The van der Waals surface area contributed by atoms with Gasteiger partial charge in [0.2, 0.25) is 0 Å². The fourth-order valence-corrected chi connectivity index (χ4v) is 3.77. The van der Waals surface area contributed by atoms with Crippen molar-refractivity contribution in [1.82, 2.24) is 15.3 Å². The summed E-state index contributed by atoms with van der Waals surface area (Å²) in [6.07, 6.45) is 3.70. The molecular formula is C23H25ClN4O3. The number of carbonyl (C=O) groups is 1. The zero-order chi connectivity index (χ0) is 21.1. The van der Waals surface area contributed by atoms with Crippen LogP contribution in [0.15, 0.2) is 51.8 Å². The van der Waals surface area contributed by atoms with E-state index < -0.39 is 11.5 Å². The molecule has 162 valence electrons. The van der Waals surface area contributed by atoms with Crippen LogP contribution in [0.1, 0.15) is 46.3 Å². The van der Waals surface area contributed by atoms with Crippen molar-refractivity contribution >= 4 is 24.0 Å². The van der Waals surface area contributed by atoms with Crippen LogP contribution in [0, 0.1) is 13.8 Å². The van der Waals surface area contributed by atoms with Gasteiger partial charge in [-0.2, -0.15) is 0 Å². The summed E-state index contributed by atoms with van der Waals surface area (Å²) in [4.78, 5) is 33.9. The Labute approximate surface area is 186 Å². The summed E-state index contributed by atoms with van der Waals surface area (Å²) in [6, 6.07) is 11.0. The van der Waals surface area contributed by atoms with Crippen LogP contribution in [0.3, 0.4) is 0 Å². The number of amides is 1. The molecule has 0 bridgehead atoms. The van der Waals surface area contributed by atoms with Crippen LogP contribution in [-0.2, 0) is 0 Å². The molecule has 1 fully saturated rings. The van der Waals surface area contributed by atoms with Crippen molar-refractivity contribution in [2.24, 2.45) is 0 Å². The number of hydrogen-bond acceptors (Lipinski definition) is 6. The van der Waals surface area contributed by atoms with Crippen LogP contribution >= 0.6 is 12.4 Å². The second-order valence-electron chi connectivity index (χ2n) is 7.56. The van der Waals surface area contributed by atoms with E-state index in [1.165, 1.54) is 0 Å². The normalized spacial score (nSPS) is 15.7. The van der Waals surface area contributed by atoms with Gasteiger partial charge in [-0.05, 0) is 63.1 Å². The summed E-state index contributed by atoms with van der Waals surface area (Å²) >= 11 is 0. The van der Waals surface area contributed by atoms with Crippen LogP contribution in [-0.4, -0.2) is 29.0 Å². The maximum Gasteiger partial charge on any atom is 0.349 e. The first-order valence-corrected chi connectivity index (χ1v) is 10.1. The number of anilines is 1. The summed E-state index contributed by atoms with van der Waals surface area (Å²) in [5.41, 5.74) is 2.24. The molecule has 4 rings (SSSR count). The first-order chi connectivity index (χ1) is 14.5. The molecular weight excluding hydrogens is 416 g/mol. The minimum absolute atomic E-state index is 0. The van der Waals surface area contributed by atoms with Gasteiger partial charge in [-0.25, -0.2) is 14.8 Å². The van der Waals surface area contributed by atoms with E-state index in [0.29, 0.717) is 22.8 Å². The molecule has 31 heavy (non-hydrogen) atoms. The number of piperidine rings is 1. The number of aryl methyl sites for hydroxylation is 2. The van der Waals surface area contributed by atoms with E-state index in [0.717, 1.165) is 37.2 Å². The number of rotatable bonds is 4. The van der Waals surface area contributed by atoms with E-state index in [9.17, 15) is 9.59 Å². The zero-order valence-corrected chi connectivity index (χ0v) is 18.3. The highest BCUT2D eigenvalue weighted by molar-refractivity contribution is 6.05. The van der Waals surface area contributed by atoms with Crippen LogP contribution < -0.4 is 16.3 Å². The smallest absolute Gasteiger partial charge is 0.349 e. The van der Waals surface area contributed by atoms with E-state index in [1.807, 2.05) is 37.3 Å². The molecule has 1 amide bonds. The van der Waals surface area contributed by atoms with Gasteiger partial charge in [-0.15, -0.1) is 12.4 Å². The second kappa shape index (κ2) is 9.85. The molecule has 0 spiro atoms. The van der Waals surface area contributed by atoms with Gasteiger partial charge in [0.25, 0.3) is 5.91 Å². The highest BCUT2D eigenvalue weighted by Gasteiger charge is 2.22. The molecule has 1 atom stereocenters. The Hall–Kier alpha value is -3.03. The van der Waals surface area contributed by atoms with Crippen molar-refractivity contribution in [3.63, 3.8) is 0 Å². The van der Waals surface area contributed by atoms with Crippen molar-refractivity contribution in [2.45, 2.75) is 32.6 Å². The number of halogens is 1. The van der Waals surface area contributed by atoms with E-state index >= 15 is 0 Å². The Kier molecular flexibility index (Phi) is 7.20. The fourth-order valence-electron chi connectivity index (χ4n) is 3.77. The van der Waals surface area contributed by atoms with Gasteiger partial charge in [-0.3, -0.25) is 4.79 Å². The van der Waals surface area contributed by atoms with Gasteiger partial charge in [0.15, 0.2) is 0 Å². The third kappa shape index (κ3) is 5.18. The lowest BCUT2D eigenvalue weighted by molar-refractivity contribution is 0.102. The molecule has 2 aromatic heterocycles. The highest BCUT2D eigenvalue weighted by atomic mass is 35.5. The van der Waals surface area contributed by atoms with Crippen LogP contribution in [0.4, 0.5) is 5.69 Å². The maximum atomic E-state index is 12.8. The molecule has 3 heterocycles. The molecule has 0 saturated carbocycles. The summed E-state index contributed by atoms with van der Waals surface area (Å²) in [5.74, 6) is 0.992. The predicted molar refractivity (Wildman–Crippen MR) is 122 cm³/mol. The van der Waals surface area contributed by atoms with Gasteiger partial charge in [-0.1, -0.05) is 12.1 Å². The maximum absolute atomic E-state index is 12.8. The topological polar surface area (TPSA) is 97.1 Å². The van der Waals surface area contributed by atoms with Crippen molar-refractivity contribution in [3.05, 3.63) is 75.7 Å². The fraction of sp³-hybridized carbons (Fsp3) is 0.304. The van der Waals surface area contributed by atoms with Crippen molar-refractivity contribution < 1.29 is 9.21 Å². The van der Waals surface area contributed by atoms with Crippen molar-refractivity contribution in [3.8, 4) is 11.3 Å². The van der Waals surface area contributed by atoms with E-state index in [2.05, 4.69) is 20.6 Å². The lowest BCUT2D eigenvalue weighted by atomic mass is 9.95. The second-order valence-corrected chi connectivity index (χ2v) is 7.56. The molecule has 1 aromatic carbocycles. The largest absolute Gasteiger partial charge is 0.427 e. The minimum atomic E-state index is -0.601. The van der Waals surface area contributed by atoms with E-state index in [-0.39, 0.29) is 23.9 Å². The number of carbonyl (C=O) groups excluding carboxylic acids is 1. The Balaban J connectivity index is 0.00000272. The molecule has 1 unspecified atom stereocenters. The number of benzene rings is 1. The van der Waals surface area contributed by atoms with Crippen LogP contribution in [0.2, 0.25) is 0 Å². The zero-order valence-electron chi connectivity index (χ0n) is 17.5. The average Bonchev–Trinajstić information content (AvgIpc) is 2.74. The Morgan fingerprint density at radius 2 is 2.06 bits per heavy atom. The number of nitrogens with one attached hydrogen (secondary N) is 2. The molecule has 1 aliphatic rings. The molecule has 8 heteroatoms. The number of nitrogens with zero attached hydrogens (tertiary/aromatic N) is 2. The highest BCUT2D eigenvalue weighted by Crippen LogP contribution is 2.24. The van der Waals surface area contributed by atoms with Crippen LogP contribution in [0.5, 0.6) is 0 Å². The predicted octanol–water partition coefficient (Wildman–Crippen LogP) is 3.85. The monoisotopic (exact) mass is 440 g/mol. The molecule has 7 nitrogen and oxygen atoms in total. The Morgan fingerprint density at radius 1 is 1.23 bits per heavy atom. The summed E-state index contributed by atoms with van der Waals surface area (Å²) < 4.78 is 5.52. The standard InChI is InChI=1S/C23H24N4O3.ClH/c1-14-11-20(17-6-4-9-24-13-17)30-23(29)21(14)22(28)27-18-7-3-5-16(12-18)19-8-10-25-15(2)26-19;/h3,5,7-8,10-12,17,24H,4,6,9,13H2,1-2H3,(H,27,28);1H. The summed E-state index contributed by atoms with van der Waals surface area (Å²) in [6.45, 7) is 5.35. The average molecular weight is 441 g/mol. The van der Waals surface area contributed by atoms with E-state index in [1.54, 1.807) is 19.2 Å². The SMILES string of the molecule is Cc1nccc(-c2cccc(NC(=O)c3c(C)cc(C4CCCNC4)oc3=O)c2)n1.Cl. The third-order valence-electron chi connectivity index (χ3n) is 5.29. The first-order valence-electron chi connectivity index (χ1n) is 10.1. The molecule has 1 aliphatic heterocycles. The summed E-state index contributed by atoms with van der Waals surface area (Å²) in [5, 5.41) is 6.12. The van der Waals surface area contributed by atoms with Gasteiger partial charge >= 0.3 is 5.63 Å². The van der Waals surface area contributed by atoms with Gasteiger partial charge in [0.1, 0.15) is 17.1 Å². The number of hydrogen-bond donors (Lipinski definition) is 2. The van der Waals surface area contributed by atoms with Crippen molar-refractivity contribution in [1.29, 1.82) is 0 Å². The summed E-state index contributed by atoms with van der Waals surface area (Å²) in [7, 11) is 0. The molecule has 0 aliphatic carbocycles. The minimum Gasteiger partial charge on any atom is -0.427 e. The molecule has 3 aromatic rings. The molecule has 1 saturated heterocycles. The van der Waals surface area contributed by atoms with Gasteiger partial charge < -0.3 is 15.1 Å². The van der Waals surface area contributed by atoms with Crippen LogP contribution in [0.25, 0.3) is 11.3 Å². The quantitative estimate of drug-likeness (QED) is 0.639. The molecule has 2 N–H and O–H groups in total. The molecule has 0 radical (unpaired) electrons. The Bertz CT molecular complexity index is 1140. The lowest BCUT2D eigenvalue weighted by Crippen LogP contribution is -2.30. The first kappa shape index (κ1) is 22.7. The third-order valence-corrected chi connectivity index (χ3v) is 5.29. The van der Waals surface area contributed by atoms with Gasteiger partial charge in [0, 0.05) is 29.9 Å². The van der Waals surface area contributed by atoms with E-state index in [4.69, 9.17) is 4.42 Å².